The third-order valence-corrected chi connectivity index (χ3v) is 5.89. The second kappa shape index (κ2) is 11.5. The fourth-order valence-corrected chi connectivity index (χ4v) is 4.15. The zero-order valence-electron chi connectivity index (χ0n) is 17.4. The predicted molar refractivity (Wildman–Crippen MR) is 122 cm³/mol. The summed E-state index contributed by atoms with van der Waals surface area (Å²) in [6.45, 7) is 6.90. The molecule has 0 bridgehead atoms. The molecule has 2 aromatic rings. The van der Waals surface area contributed by atoms with Crippen molar-refractivity contribution in [3.8, 4) is 5.75 Å². The van der Waals surface area contributed by atoms with Crippen LogP contribution < -0.4 is 4.74 Å². The number of halogens is 2. The standard InChI is InChI=1S/C23H29Cl2N3O2/c1-2-3-15-30-22-20(24)16-19(17-21(22)25)23(29)28-11-4-10-27(13-14-28)12-7-18-5-8-26-9-6-18/h5-6,8-9,16-17H,2-4,7,10-15H2,1H3. The van der Waals surface area contributed by atoms with Crippen LogP contribution in [0.1, 0.15) is 42.1 Å². The van der Waals surface area contributed by atoms with E-state index >= 15 is 0 Å². The fourth-order valence-electron chi connectivity index (χ4n) is 3.56. The zero-order chi connectivity index (χ0) is 21.3. The lowest BCUT2D eigenvalue weighted by Gasteiger charge is -2.22. The Hall–Kier alpha value is -1.82. The van der Waals surface area contributed by atoms with Crippen LogP contribution in [0.25, 0.3) is 0 Å². The van der Waals surface area contributed by atoms with E-state index in [1.165, 1.54) is 5.56 Å². The first-order chi connectivity index (χ1) is 14.6. The number of benzene rings is 1. The van der Waals surface area contributed by atoms with Crippen LogP contribution in [0.5, 0.6) is 5.75 Å². The molecule has 5 nitrogen and oxygen atoms in total. The highest BCUT2D eigenvalue weighted by Gasteiger charge is 2.22. The van der Waals surface area contributed by atoms with Gasteiger partial charge in [-0.1, -0.05) is 36.5 Å². The Morgan fingerprint density at radius 1 is 1.10 bits per heavy atom. The second-order valence-electron chi connectivity index (χ2n) is 7.56. The molecule has 7 heteroatoms. The minimum atomic E-state index is -0.0325. The third-order valence-electron chi connectivity index (χ3n) is 5.33. The SMILES string of the molecule is CCCCOc1c(Cl)cc(C(=O)N2CCCN(CCc3ccncc3)CC2)cc1Cl. The van der Waals surface area contributed by atoms with Crippen molar-refractivity contribution in [3.05, 3.63) is 57.8 Å². The van der Waals surface area contributed by atoms with Gasteiger partial charge < -0.3 is 14.5 Å². The molecule has 30 heavy (non-hydrogen) atoms. The summed E-state index contributed by atoms with van der Waals surface area (Å²) in [5.74, 6) is 0.427. The second-order valence-corrected chi connectivity index (χ2v) is 8.38. The van der Waals surface area contributed by atoms with Crippen molar-refractivity contribution in [3.63, 3.8) is 0 Å². The summed E-state index contributed by atoms with van der Waals surface area (Å²) >= 11 is 12.7. The third kappa shape index (κ3) is 6.34. The Bertz CT molecular complexity index is 809. The summed E-state index contributed by atoms with van der Waals surface area (Å²) in [5, 5.41) is 0.770. The van der Waals surface area contributed by atoms with Crippen LogP contribution in [0.2, 0.25) is 10.0 Å². The van der Waals surface area contributed by atoms with Crippen molar-refractivity contribution in [1.82, 2.24) is 14.8 Å². The van der Waals surface area contributed by atoms with E-state index in [9.17, 15) is 4.79 Å². The van der Waals surface area contributed by atoms with Crippen molar-refractivity contribution >= 4 is 29.1 Å². The minimum Gasteiger partial charge on any atom is -0.490 e. The molecule has 1 aliphatic rings. The van der Waals surface area contributed by atoms with E-state index in [4.69, 9.17) is 27.9 Å². The Morgan fingerprint density at radius 3 is 2.53 bits per heavy atom. The number of carbonyl (C=O) groups excluding carboxylic acids is 1. The quantitative estimate of drug-likeness (QED) is 0.534. The molecular weight excluding hydrogens is 421 g/mol. The van der Waals surface area contributed by atoms with Gasteiger partial charge in [-0.3, -0.25) is 9.78 Å². The molecule has 0 spiro atoms. The molecule has 0 atom stereocenters. The maximum atomic E-state index is 13.1. The Morgan fingerprint density at radius 2 is 1.83 bits per heavy atom. The summed E-state index contributed by atoms with van der Waals surface area (Å²) in [7, 11) is 0. The average Bonchev–Trinajstić information content (AvgIpc) is 3.00. The van der Waals surface area contributed by atoms with E-state index in [0.717, 1.165) is 51.9 Å². The summed E-state index contributed by atoms with van der Waals surface area (Å²) < 4.78 is 5.69. The highest BCUT2D eigenvalue weighted by Crippen LogP contribution is 2.34. The maximum absolute atomic E-state index is 13.1. The molecule has 0 unspecified atom stereocenters. The van der Waals surface area contributed by atoms with Gasteiger partial charge >= 0.3 is 0 Å². The number of carbonyl (C=O) groups is 1. The van der Waals surface area contributed by atoms with Gasteiger partial charge in [-0.2, -0.15) is 0 Å². The van der Waals surface area contributed by atoms with Crippen molar-refractivity contribution in [2.45, 2.75) is 32.6 Å². The highest BCUT2D eigenvalue weighted by atomic mass is 35.5. The van der Waals surface area contributed by atoms with Gasteiger partial charge in [0, 0.05) is 44.1 Å². The molecule has 2 heterocycles. The van der Waals surface area contributed by atoms with E-state index in [1.54, 1.807) is 12.1 Å². The van der Waals surface area contributed by atoms with Gasteiger partial charge in [0.1, 0.15) is 0 Å². The van der Waals surface area contributed by atoms with Gasteiger partial charge in [0.15, 0.2) is 5.75 Å². The smallest absolute Gasteiger partial charge is 0.254 e. The first kappa shape index (κ1) is 22.9. The molecule has 1 aromatic heterocycles. The number of nitrogens with zero attached hydrogens (tertiary/aromatic N) is 3. The largest absolute Gasteiger partial charge is 0.490 e. The van der Waals surface area contributed by atoms with Crippen molar-refractivity contribution in [1.29, 1.82) is 0 Å². The lowest BCUT2D eigenvalue weighted by Crippen LogP contribution is -2.35. The monoisotopic (exact) mass is 449 g/mol. The lowest BCUT2D eigenvalue weighted by atomic mass is 10.2. The first-order valence-corrected chi connectivity index (χ1v) is 11.4. The summed E-state index contributed by atoms with van der Waals surface area (Å²) in [4.78, 5) is 21.4. The number of unbranched alkanes of at least 4 members (excludes halogenated alkanes) is 1. The average molecular weight is 450 g/mol. The number of pyridine rings is 1. The van der Waals surface area contributed by atoms with E-state index in [0.29, 0.717) is 34.5 Å². The normalized spacial score (nSPS) is 15.1. The molecule has 1 fully saturated rings. The highest BCUT2D eigenvalue weighted by molar-refractivity contribution is 6.37. The molecule has 3 rings (SSSR count). The molecule has 0 saturated carbocycles. The molecule has 0 radical (unpaired) electrons. The van der Waals surface area contributed by atoms with Crippen LogP contribution in [0.3, 0.4) is 0 Å². The molecular formula is C23H29Cl2N3O2. The van der Waals surface area contributed by atoms with E-state index < -0.39 is 0 Å². The number of rotatable bonds is 8. The van der Waals surface area contributed by atoms with Gasteiger partial charge in [-0.25, -0.2) is 0 Å². The van der Waals surface area contributed by atoms with Crippen molar-refractivity contribution in [2.75, 3.05) is 39.3 Å². The molecule has 0 aliphatic carbocycles. The van der Waals surface area contributed by atoms with Crippen LogP contribution in [0.4, 0.5) is 0 Å². The number of ether oxygens (including phenoxy) is 1. The maximum Gasteiger partial charge on any atom is 0.254 e. The summed E-state index contributed by atoms with van der Waals surface area (Å²) in [5.41, 5.74) is 1.80. The van der Waals surface area contributed by atoms with Gasteiger partial charge in [0.2, 0.25) is 0 Å². The van der Waals surface area contributed by atoms with Crippen LogP contribution in [-0.2, 0) is 6.42 Å². The number of amides is 1. The van der Waals surface area contributed by atoms with Crippen LogP contribution in [0, 0.1) is 0 Å². The molecule has 1 aliphatic heterocycles. The minimum absolute atomic E-state index is 0.0325. The number of aromatic nitrogens is 1. The Labute approximate surface area is 188 Å². The first-order valence-electron chi connectivity index (χ1n) is 10.6. The topological polar surface area (TPSA) is 45.7 Å². The number of hydrogen-bond donors (Lipinski definition) is 0. The van der Waals surface area contributed by atoms with E-state index in [2.05, 4.69) is 28.9 Å². The molecule has 1 saturated heterocycles. The Balaban J connectivity index is 1.57. The molecule has 0 N–H and O–H groups in total. The van der Waals surface area contributed by atoms with Crippen LogP contribution >= 0.6 is 23.2 Å². The van der Waals surface area contributed by atoms with E-state index in [1.807, 2.05) is 17.3 Å². The summed E-state index contributed by atoms with van der Waals surface area (Å²) in [6.07, 6.45) is 7.55. The van der Waals surface area contributed by atoms with Crippen molar-refractivity contribution < 1.29 is 9.53 Å². The van der Waals surface area contributed by atoms with Crippen LogP contribution in [0.15, 0.2) is 36.7 Å². The lowest BCUT2D eigenvalue weighted by molar-refractivity contribution is 0.0761. The number of hydrogen-bond acceptors (Lipinski definition) is 4. The van der Waals surface area contributed by atoms with E-state index in [-0.39, 0.29) is 5.91 Å². The Kier molecular flexibility index (Phi) is 8.79. The fraction of sp³-hybridized carbons (Fsp3) is 0.478. The molecule has 1 amide bonds. The van der Waals surface area contributed by atoms with Gasteiger partial charge in [-0.15, -0.1) is 0 Å². The van der Waals surface area contributed by atoms with Crippen LogP contribution in [-0.4, -0.2) is 60.0 Å². The van der Waals surface area contributed by atoms with Gasteiger partial charge in [-0.05, 0) is 55.6 Å². The van der Waals surface area contributed by atoms with Crippen molar-refractivity contribution in [2.24, 2.45) is 0 Å². The predicted octanol–water partition coefficient (Wildman–Crippen LogP) is 4.96. The molecule has 1 aromatic carbocycles. The molecule has 162 valence electrons. The van der Waals surface area contributed by atoms with Gasteiger partial charge in [0.25, 0.3) is 5.91 Å². The zero-order valence-corrected chi connectivity index (χ0v) is 19.0. The summed E-state index contributed by atoms with van der Waals surface area (Å²) in [6, 6.07) is 7.44. The van der Waals surface area contributed by atoms with Gasteiger partial charge in [0.05, 0.1) is 16.7 Å².